The molecule has 4 aromatic rings. The minimum Gasteiger partial charge on any atom is -0.491 e. The lowest BCUT2D eigenvalue weighted by Gasteiger charge is -2.17. The first-order valence-corrected chi connectivity index (χ1v) is 12.4. The van der Waals surface area contributed by atoms with Gasteiger partial charge in [0.25, 0.3) is 5.56 Å². The first-order valence-electron chi connectivity index (χ1n) is 12.4. The third-order valence-corrected chi connectivity index (χ3v) is 7.07. The van der Waals surface area contributed by atoms with Crippen molar-refractivity contribution in [3.8, 4) is 40.0 Å². The lowest BCUT2D eigenvalue weighted by Crippen LogP contribution is -2.30. The van der Waals surface area contributed by atoms with Gasteiger partial charge in [-0.05, 0) is 55.5 Å². The van der Waals surface area contributed by atoms with Crippen LogP contribution in [0.2, 0.25) is 0 Å². The molecule has 2 heterocycles. The molecule has 6 rings (SSSR count). The molecule has 0 amide bonds. The van der Waals surface area contributed by atoms with Crippen LogP contribution in [0.4, 0.5) is 4.39 Å². The number of nitrogens with two attached hydrogens (primary N) is 2. The van der Waals surface area contributed by atoms with Gasteiger partial charge in [0.05, 0.1) is 40.2 Å². The van der Waals surface area contributed by atoms with E-state index in [0.717, 1.165) is 25.7 Å². The smallest absolute Gasteiger partial charge is 0.275 e. The Labute approximate surface area is 217 Å². The quantitative estimate of drug-likeness (QED) is 0.323. The first-order chi connectivity index (χ1) is 18.3. The van der Waals surface area contributed by atoms with Crippen LogP contribution in [0.1, 0.15) is 36.9 Å². The molecule has 2 fully saturated rings. The van der Waals surface area contributed by atoms with Gasteiger partial charge in [-0.1, -0.05) is 0 Å². The van der Waals surface area contributed by atoms with E-state index in [1.807, 2.05) is 0 Å². The number of H-pyrrole nitrogens is 1. The molecule has 11 heteroatoms. The van der Waals surface area contributed by atoms with Gasteiger partial charge in [-0.15, -0.1) is 0 Å². The maximum absolute atomic E-state index is 15.4. The van der Waals surface area contributed by atoms with E-state index in [0.29, 0.717) is 44.8 Å². The maximum Gasteiger partial charge on any atom is 0.275 e. The molecule has 0 atom stereocenters. The highest BCUT2D eigenvalue weighted by Gasteiger charge is 2.39. The van der Waals surface area contributed by atoms with Gasteiger partial charge in [-0.2, -0.15) is 15.5 Å². The van der Waals surface area contributed by atoms with Crippen LogP contribution in [0.25, 0.3) is 33.2 Å². The van der Waals surface area contributed by atoms with Crippen molar-refractivity contribution < 1.29 is 13.9 Å². The molecule has 0 aliphatic heterocycles. The Kier molecular flexibility index (Phi) is 5.66. The molecule has 0 saturated heterocycles. The number of aromatic amines is 1. The van der Waals surface area contributed by atoms with Crippen LogP contribution >= 0.6 is 0 Å². The van der Waals surface area contributed by atoms with Crippen molar-refractivity contribution in [3.63, 3.8) is 0 Å². The van der Waals surface area contributed by atoms with Gasteiger partial charge < -0.3 is 20.9 Å². The number of hydrogen-bond donors (Lipinski definition) is 3. The Balaban J connectivity index is 1.56. The number of rotatable bonds is 8. The minimum atomic E-state index is -0.577. The van der Waals surface area contributed by atoms with E-state index in [-0.39, 0.29) is 30.4 Å². The average Bonchev–Trinajstić information content (AvgIpc) is 3.83. The van der Waals surface area contributed by atoms with Gasteiger partial charge in [0.15, 0.2) is 0 Å². The van der Waals surface area contributed by atoms with Gasteiger partial charge in [0.2, 0.25) is 0 Å². The average molecular weight is 516 g/mol. The van der Waals surface area contributed by atoms with Gasteiger partial charge in [-0.3, -0.25) is 9.48 Å². The summed E-state index contributed by atoms with van der Waals surface area (Å²) in [5.41, 5.74) is 13.5. The highest BCUT2D eigenvalue weighted by molar-refractivity contribution is 5.96. The summed E-state index contributed by atoms with van der Waals surface area (Å²) in [6.45, 7) is 0.309. The van der Waals surface area contributed by atoms with E-state index >= 15 is 4.39 Å². The second kappa shape index (κ2) is 8.93. The predicted molar refractivity (Wildman–Crippen MR) is 138 cm³/mol. The Morgan fingerprint density at radius 2 is 2.08 bits per heavy atom. The fourth-order valence-corrected chi connectivity index (χ4v) is 4.57. The van der Waals surface area contributed by atoms with Crippen molar-refractivity contribution in [3.05, 3.63) is 57.9 Å². The fraction of sp³-hybridized carbons (Fsp3) is 0.333. The summed E-state index contributed by atoms with van der Waals surface area (Å²) in [5.74, 6) is 0.0699. The summed E-state index contributed by atoms with van der Waals surface area (Å²) in [5, 5.41) is 21.8. The third-order valence-electron chi connectivity index (χ3n) is 7.07. The van der Waals surface area contributed by atoms with Crippen molar-refractivity contribution in [2.75, 3.05) is 6.61 Å². The number of nitriles is 1. The fourth-order valence-electron chi connectivity index (χ4n) is 4.57. The molecule has 0 spiro atoms. The number of aromatic nitrogens is 4. The standard InChI is InChI=1S/C27H26FN7O3/c1-35-25(23-17(10-29)21(5-4-19(23)28)38-15-2-3-15)18(12-32-35)14-8-16-20(11-30)33-34-26(36)24(16)22(9-14)37-13-27(31)6-7-27/h4-5,8-9,12,15H,2-3,6-7,11,13,30-31H2,1H3,(H,34,36). The predicted octanol–water partition coefficient (Wildman–Crippen LogP) is 2.87. The Morgan fingerprint density at radius 3 is 2.76 bits per heavy atom. The zero-order valence-electron chi connectivity index (χ0n) is 20.8. The molecule has 2 aliphatic carbocycles. The number of nitrogens with zero attached hydrogens (tertiary/aromatic N) is 4. The van der Waals surface area contributed by atoms with Gasteiger partial charge in [0.1, 0.15) is 35.6 Å². The lowest BCUT2D eigenvalue weighted by molar-refractivity contribution is 0.282. The lowest BCUT2D eigenvalue weighted by atomic mass is 9.95. The second-order valence-corrected chi connectivity index (χ2v) is 10.0. The number of benzene rings is 2. The van der Waals surface area contributed by atoms with Crippen LogP contribution in [0.3, 0.4) is 0 Å². The Bertz CT molecular complexity index is 1680. The van der Waals surface area contributed by atoms with Crippen molar-refractivity contribution in [2.24, 2.45) is 18.5 Å². The Morgan fingerprint density at radius 1 is 1.29 bits per heavy atom. The summed E-state index contributed by atoms with van der Waals surface area (Å²) < 4.78 is 28.9. The number of hydrogen-bond acceptors (Lipinski definition) is 8. The number of ether oxygens (including phenoxy) is 2. The topological polar surface area (TPSA) is 158 Å². The van der Waals surface area contributed by atoms with E-state index in [1.165, 1.54) is 16.8 Å². The molecule has 194 valence electrons. The summed E-state index contributed by atoms with van der Waals surface area (Å²) in [4.78, 5) is 12.8. The highest BCUT2D eigenvalue weighted by atomic mass is 19.1. The number of nitrogens with one attached hydrogen (secondary N) is 1. The van der Waals surface area contributed by atoms with E-state index in [9.17, 15) is 10.1 Å². The van der Waals surface area contributed by atoms with E-state index in [1.54, 1.807) is 25.4 Å². The summed E-state index contributed by atoms with van der Waals surface area (Å²) in [6.07, 6.45) is 5.08. The number of halogens is 1. The van der Waals surface area contributed by atoms with Crippen LogP contribution in [-0.4, -0.2) is 38.2 Å². The van der Waals surface area contributed by atoms with Crippen molar-refractivity contribution in [2.45, 2.75) is 43.9 Å². The summed E-state index contributed by atoms with van der Waals surface area (Å²) in [6, 6.07) is 8.38. The molecule has 10 nitrogen and oxygen atoms in total. The summed E-state index contributed by atoms with van der Waals surface area (Å²) in [7, 11) is 1.68. The van der Waals surface area contributed by atoms with Crippen LogP contribution in [0.5, 0.6) is 11.5 Å². The van der Waals surface area contributed by atoms with Gasteiger partial charge >= 0.3 is 0 Å². The molecule has 0 unspecified atom stereocenters. The highest BCUT2D eigenvalue weighted by Crippen LogP contribution is 2.42. The van der Waals surface area contributed by atoms with Crippen LogP contribution in [-0.2, 0) is 13.6 Å². The van der Waals surface area contributed by atoms with Crippen molar-refractivity contribution >= 4 is 10.8 Å². The largest absolute Gasteiger partial charge is 0.491 e. The zero-order chi connectivity index (χ0) is 26.6. The third kappa shape index (κ3) is 4.17. The zero-order valence-corrected chi connectivity index (χ0v) is 20.8. The molecular formula is C27H26FN7O3. The molecular weight excluding hydrogens is 489 g/mol. The van der Waals surface area contributed by atoms with E-state index in [2.05, 4.69) is 21.4 Å². The molecule has 2 saturated carbocycles. The molecule has 2 aliphatic rings. The summed E-state index contributed by atoms with van der Waals surface area (Å²) >= 11 is 0. The second-order valence-electron chi connectivity index (χ2n) is 10.0. The minimum absolute atomic E-state index is 0.0317. The number of aryl methyl sites for hydroxylation is 1. The van der Waals surface area contributed by atoms with Crippen molar-refractivity contribution in [1.29, 1.82) is 5.26 Å². The molecule has 0 bridgehead atoms. The molecule has 0 radical (unpaired) electrons. The van der Waals surface area contributed by atoms with E-state index in [4.69, 9.17) is 20.9 Å². The number of fused-ring (bicyclic) bond motifs is 1. The monoisotopic (exact) mass is 515 g/mol. The maximum atomic E-state index is 15.4. The van der Waals surface area contributed by atoms with Gasteiger partial charge in [-0.25, -0.2) is 9.49 Å². The molecule has 38 heavy (non-hydrogen) atoms. The van der Waals surface area contributed by atoms with Crippen LogP contribution < -0.4 is 26.5 Å². The molecule has 5 N–H and O–H groups in total. The SMILES string of the molecule is Cn1ncc(-c2cc(OCC3(N)CC3)c3c(=O)[nH]nc(CN)c3c2)c1-c1c(F)ccc(OC2CC2)c1C#N. The van der Waals surface area contributed by atoms with Crippen LogP contribution in [0, 0.1) is 17.1 Å². The molecule has 2 aromatic heterocycles. The van der Waals surface area contributed by atoms with Crippen molar-refractivity contribution in [1.82, 2.24) is 20.0 Å². The van der Waals surface area contributed by atoms with E-state index < -0.39 is 16.9 Å². The Hall–Kier alpha value is -4.27. The van der Waals surface area contributed by atoms with Gasteiger partial charge in [0, 0.05) is 24.5 Å². The first kappa shape index (κ1) is 24.1. The molecule has 2 aromatic carbocycles. The normalized spacial score (nSPS) is 15.9. The van der Waals surface area contributed by atoms with Crippen LogP contribution in [0.15, 0.2) is 35.3 Å².